The largest absolute Gasteiger partial charge is 0.487 e. The molecule has 3 rings (SSSR count). The molecule has 0 bridgehead atoms. The van der Waals surface area contributed by atoms with Gasteiger partial charge in [0, 0.05) is 35.6 Å². The van der Waals surface area contributed by atoms with Crippen LogP contribution < -0.4 is 9.47 Å². The monoisotopic (exact) mass is 488 g/mol. The van der Waals surface area contributed by atoms with Gasteiger partial charge in [0.25, 0.3) is 11.8 Å². The average molecular weight is 488 g/mol. The number of nitrogens with zero attached hydrogens (tertiary/aromatic N) is 4. The SMILES string of the molecule is CCOc1ccc(C(=O)N=C2SCCN2C(=O)c2ccc(OCC)c([N+](=O)[O-])c2)cc1[N+](=O)[O-]. The van der Waals surface area contributed by atoms with Crippen molar-refractivity contribution in [2.24, 2.45) is 4.99 Å². The van der Waals surface area contributed by atoms with Crippen LogP contribution in [0.25, 0.3) is 0 Å². The van der Waals surface area contributed by atoms with E-state index in [2.05, 4.69) is 4.99 Å². The van der Waals surface area contributed by atoms with Crippen LogP contribution in [-0.2, 0) is 0 Å². The van der Waals surface area contributed by atoms with E-state index < -0.39 is 21.7 Å². The molecule has 1 aliphatic rings. The van der Waals surface area contributed by atoms with Gasteiger partial charge < -0.3 is 9.47 Å². The maximum absolute atomic E-state index is 13.0. The van der Waals surface area contributed by atoms with Crippen molar-refractivity contribution in [2.75, 3.05) is 25.5 Å². The van der Waals surface area contributed by atoms with Gasteiger partial charge in [-0.2, -0.15) is 4.99 Å². The third-order valence-electron chi connectivity index (χ3n) is 4.62. The molecule has 1 aliphatic heterocycles. The molecule has 0 spiro atoms. The number of nitro groups is 2. The summed E-state index contributed by atoms with van der Waals surface area (Å²) in [6.07, 6.45) is 0. The number of rotatable bonds is 8. The van der Waals surface area contributed by atoms with Gasteiger partial charge in [0.05, 0.1) is 23.1 Å². The fraction of sp³-hybridized carbons (Fsp3) is 0.286. The van der Waals surface area contributed by atoms with Crippen molar-refractivity contribution in [1.82, 2.24) is 4.90 Å². The first-order chi connectivity index (χ1) is 16.3. The number of hydrogen-bond donors (Lipinski definition) is 0. The van der Waals surface area contributed by atoms with E-state index in [1.54, 1.807) is 13.8 Å². The molecule has 2 aromatic carbocycles. The lowest BCUT2D eigenvalue weighted by Crippen LogP contribution is -2.32. The Hall–Kier alpha value is -4.00. The average Bonchev–Trinajstić information content (AvgIpc) is 3.27. The van der Waals surface area contributed by atoms with Gasteiger partial charge in [-0.05, 0) is 38.1 Å². The Balaban J connectivity index is 1.88. The summed E-state index contributed by atoms with van der Waals surface area (Å²) in [7, 11) is 0. The number of carbonyl (C=O) groups is 2. The van der Waals surface area contributed by atoms with Crippen molar-refractivity contribution in [3.05, 3.63) is 67.8 Å². The first-order valence-corrected chi connectivity index (χ1v) is 11.2. The molecule has 0 aromatic heterocycles. The molecule has 178 valence electrons. The smallest absolute Gasteiger partial charge is 0.311 e. The van der Waals surface area contributed by atoms with Gasteiger partial charge in [-0.1, -0.05) is 11.8 Å². The maximum atomic E-state index is 13.0. The van der Waals surface area contributed by atoms with E-state index >= 15 is 0 Å². The third kappa shape index (κ3) is 5.31. The summed E-state index contributed by atoms with van der Waals surface area (Å²) in [4.78, 5) is 52.3. The summed E-state index contributed by atoms with van der Waals surface area (Å²) >= 11 is 1.16. The minimum absolute atomic E-state index is 0.0286. The number of ether oxygens (including phenoxy) is 2. The van der Waals surface area contributed by atoms with E-state index in [0.29, 0.717) is 5.75 Å². The van der Waals surface area contributed by atoms with Crippen LogP contribution in [0, 0.1) is 20.2 Å². The second-order valence-corrected chi connectivity index (χ2v) is 7.81. The van der Waals surface area contributed by atoms with Crippen LogP contribution in [0.4, 0.5) is 11.4 Å². The van der Waals surface area contributed by atoms with Gasteiger partial charge in [-0.3, -0.25) is 34.7 Å². The Morgan fingerprint density at radius 2 is 1.50 bits per heavy atom. The van der Waals surface area contributed by atoms with Gasteiger partial charge in [0.15, 0.2) is 16.7 Å². The Morgan fingerprint density at radius 3 is 2.03 bits per heavy atom. The van der Waals surface area contributed by atoms with E-state index in [0.717, 1.165) is 23.9 Å². The fourth-order valence-electron chi connectivity index (χ4n) is 3.13. The van der Waals surface area contributed by atoms with Gasteiger partial charge in [0.1, 0.15) is 0 Å². The molecule has 0 N–H and O–H groups in total. The van der Waals surface area contributed by atoms with E-state index in [9.17, 15) is 29.8 Å². The van der Waals surface area contributed by atoms with Gasteiger partial charge in [0.2, 0.25) is 0 Å². The summed E-state index contributed by atoms with van der Waals surface area (Å²) < 4.78 is 10.4. The van der Waals surface area contributed by atoms with Crippen molar-refractivity contribution in [2.45, 2.75) is 13.8 Å². The van der Waals surface area contributed by atoms with Gasteiger partial charge >= 0.3 is 11.4 Å². The summed E-state index contributed by atoms with van der Waals surface area (Å²) in [5.74, 6) is -0.811. The Labute approximate surface area is 197 Å². The molecule has 1 fully saturated rings. The zero-order chi connectivity index (χ0) is 24.8. The third-order valence-corrected chi connectivity index (χ3v) is 5.58. The molecule has 2 amide bonds. The van der Waals surface area contributed by atoms with Crippen LogP contribution in [0.1, 0.15) is 34.6 Å². The molecule has 0 aliphatic carbocycles. The van der Waals surface area contributed by atoms with E-state index in [-0.39, 0.29) is 58.9 Å². The maximum Gasteiger partial charge on any atom is 0.311 e. The molecule has 12 nitrogen and oxygen atoms in total. The minimum Gasteiger partial charge on any atom is -0.487 e. The number of aliphatic imine (C=N–C) groups is 1. The van der Waals surface area contributed by atoms with Crippen LogP contribution in [0.2, 0.25) is 0 Å². The zero-order valence-electron chi connectivity index (χ0n) is 18.3. The predicted molar refractivity (Wildman–Crippen MR) is 124 cm³/mol. The highest BCUT2D eigenvalue weighted by Crippen LogP contribution is 2.31. The van der Waals surface area contributed by atoms with Crippen LogP contribution >= 0.6 is 11.8 Å². The number of thioether (sulfide) groups is 1. The lowest BCUT2D eigenvalue weighted by atomic mass is 10.1. The van der Waals surface area contributed by atoms with Crippen LogP contribution in [0.5, 0.6) is 11.5 Å². The first kappa shape index (κ1) is 24.6. The Bertz CT molecular complexity index is 1180. The molecule has 13 heteroatoms. The van der Waals surface area contributed by atoms with Crippen molar-refractivity contribution >= 4 is 40.1 Å². The molecule has 34 heavy (non-hydrogen) atoms. The van der Waals surface area contributed by atoms with Crippen LogP contribution in [0.15, 0.2) is 41.4 Å². The minimum atomic E-state index is -0.772. The quantitative estimate of drug-likeness (QED) is 0.399. The zero-order valence-corrected chi connectivity index (χ0v) is 19.1. The second-order valence-electron chi connectivity index (χ2n) is 6.75. The highest BCUT2D eigenvalue weighted by molar-refractivity contribution is 8.14. The number of amides is 2. The van der Waals surface area contributed by atoms with Crippen molar-refractivity contribution in [1.29, 1.82) is 0 Å². The summed E-state index contributed by atoms with van der Waals surface area (Å²) in [6.45, 7) is 4.03. The van der Waals surface area contributed by atoms with E-state index in [1.165, 1.54) is 29.2 Å². The Morgan fingerprint density at radius 1 is 0.971 bits per heavy atom. The van der Waals surface area contributed by atoms with Crippen LogP contribution in [0.3, 0.4) is 0 Å². The van der Waals surface area contributed by atoms with Crippen molar-refractivity contribution in [3.8, 4) is 11.5 Å². The number of carbonyl (C=O) groups excluding carboxylic acids is 2. The molecule has 0 saturated carbocycles. The van der Waals surface area contributed by atoms with Gasteiger partial charge in [-0.25, -0.2) is 0 Å². The number of amidine groups is 1. The summed E-state index contributed by atoms with van der Waals surface area (Å²) in [5.41, 5.74) is -0.730. The summed E-state index contributed by atoms with van der Waals surface area (Å²) in [6, 6.07) is 7.60. The molecular weight excluding hydrogens is 468 g/mol. The molecule has 0 radical (unpaired) electrons. The molecular formula is C21H20N4O8S. The van der Waals surface area contributed by atoms with Crippen molar-refractivity contribution < 1.29 is 28.9 Å². The first-order valence-electron chi connectivity index (χ1n) is 10.2. The lowest BCUT2D eigenvalue weighted by molar-refractivity contribution is -0.386. The highest BCUT2D eigenvalue weighted by atomic mass is 32.2. The molecule has 0 unspecified atom stereocenters. The molecule has 1 saturated heterocycles. The standard InChI is InChI=1S/C21H20N4O8S/c1-3-32-17-7-5-13(11-15(17)24(28)29)19(26)22-21-23(9-10-34-21)20(27)14-6-8-18(33-4-2)16(12-14)25(30)31/h5-8,11-12H,3-4,9-10H2,1-2H3. The van der Waals surface area contributed by atoms with Gasteiger partial charge in [-0.15, -0.1) is 0 Å². The number of nitro benzene ring substituents is 2. The normalized spacial score (nSPS) is 14.2. The summed E-state index contributed by atoms with van der Waals surface area (Å²) in [5, 5.41) is 22.8. The number of benzene rings is 2. The van der Waals surface area contributed by atoms with Crippen molar-refractivity contribution in [3.63, 3.8) is 0 Å². The number of hydrogen-bond acceptors (Lipinski definition) is 9. The molecule has 1 heterocycles. The Kier molecular flexibility index (Phi) is 7.79. The topological polar surface area (TPSA) is 154 Å². The lowest BCUT2D eigenvalue weighted by Gasteiger charge is -2.16. The second kappa shape index (κ2) is 10.7. The van der Waals surface area contributed by atoms with E-state index in [1.807, 2.05) is 0 Å². The predicted octanol–water partition coefficient (Wildman–Crippen LogP) is 3.69. The molecule has 2 aromatic rings. The fourth-order valence-corrected chi connectivity index (χ4v) is 4.07. The van der Waals surface area contributed by atoms with Crippen LogP contribution in [-0.4, -0.2) is 57.2 Å². The highest BCUT2D eigenvalue weighted by Gasteiger charge is 2.30. The van der Waals surface area contributed by atoms with E-state index in [4.69, 9.17) is 9.47 Å². The molecule has 0 atom stereocenters.